The van der Waals surface area contributed by atoms with E-state index < -0.39 is 11.4 Å². The number of carboxylic acid groups (broad SMARTS) is 1. The molecule has 0 aliphatic carbocycles. The van der Waals surface area contributed by atoms with Crippen molar-refractivity contribution < 1.29 is 19.5 Å². The smallest absolute Gasteiger partial charge is 0.318 e. The lowest BCUT2D eigenvalue weighted by Gasteiger charge is -2.35. The van der Waals surface area contributed by atoms with Crippen LogP contribution in [0.15, 0.2) is 0 Å². The van der Waals surface area contributed by atoms with Gasteiger partial charge >= 0.3 is 5.97 Å². The molecule has 0 radical (unpaired) electrons. The molecule has 6 nitrogen and oxygen atoms in total. The van der Waals surface area contributed by atoms with Crippen LogP contribution in [0.3, 0.4) is 0 Å². The van der Waals surface area contributed by atoms with Crippen molar-refractivity contribution in [3.63, 3.8) is 0 Å². The molecule has 1 aliphatic rings. The maximum Gasteiger partial charge on any atom is 0.318 e. The number of aliphatic carboxylic acids is 1. The molecule has 102 valence electrons. The lowest BCUT2D eigenvalue weighted by Crippen LogP contribution is -2.51. The Hall–Kier alpha value is -1.59. The Bertz CT molecular complexity index is 357. The molecule has 2 N–H and O–H groups in total. The number of nitrogens with one attached hydrogen (secondary N) is 1. The maximum atomic E-state index is 12.0. The molecule has 0 aromatic carbocycles. The van der Waals surface area contributed by atoms with Gasteiger partial charge in [-0.15, -0.1) is 0 Å². The molecule has 0 aromatic heterocycles. The average molecular weight is 256 g/mol. The third-order valence-corrected chi connectivity index (χ3v) is 3.26. The molecule has 0 atom stereocenters. The Labute approximate surface area is 106 Å². The van der Waals surface area contributed by atoms with Crippen molar-refractivity contribution in [1.29, 1.82) is 0 Å². The highest BCUT2D eigenvalue weighted by Crippen LogP contribution is 2.22. The van der Waals surface area contributed by atoms with E-state index in [1.165, 1.54) is 20.8 Å². The quantitative estimate of drug-likeness (QED) is 0.707. The molecule has 0 aromatic rings. The van der Waals surface area contributed by atoms with Crippen LogP contribution in [0.5, 0.6) is 0 Å². The van der Waals surface area contributed by atoms with E-state index >= 15 is 0 Å². The first-order chi connectivity index (χ1) is 8.25. The van der Waals surface area contributed by atoms with Crippen LogP contribution in [0.25, 0.3) is 0 Å². The SMILES string of the molecule is CC(=O)NC1CCN(C(=O)C(C)(C)C(=O)O)CC1. The molecule has 1 heterocycles. The molecule has 0 bridgehead atoms. The number of carbonyl (C=O) groups excluding carboxylic acids is 2. The van der Waals surface area contributed by atoms with E-state index in [4.69, 9.17) is 5.11 Å². The second-order valence-electron chi connectivity index (χ2n) is 5.20. The van der Waals surface area contributed by atoms with Gasteiger partial charge in [0.2, 0.25) is 11.8 Å². The van der Waals surface area contributed by atoms with Crippen LogP contribution in [0, 0.1) is 5.41 Å². The number of carboxylic acids is 1. The van der Waals surface area contributed by atoms with Gasteiger partial charge in [0, 0.05) is 26.1 Å². The third-order valence-electron chi connectivity index (χ3n) is 3.26. The Kier molecular flexibility index (Phi) is 4.32. The normalized spacial score (nSPS) is 17.4. The van der Waals surface area contributed by atoms with Gasteiger partial charge in [-0.05, 0) is 26.7 Å². The zero-order valence-corrected chi connectivity index (χ0v) is 11.0. The fraction of sp³-hybridized carbons (Fsp3) is 0.750. The molecule has 1 fully saturated rings. The monoisotopic (exact) mass is 256 g/mol. The molecule has 0 unspecified atom stereocenters. The zero-order valence-electron chi connectivity index (χ0n) is 11.0. The van der Waals surface area contributed by atoms with Crippen LogP contribution < -0.4 is 5.32 Å². The average Bonchev–Trinajstić information content (AvgIpc) is 2.28. The van der Waals surface area contributed by atoms with Crippen LogP contribution in [-0.4, -0.2) is 46.9 Å². The summed E-state index contributed by atoms with van der Waals surface area (Å²) >= 11 is 0. The van der Waals surface area contributed by atoms with E-state index in [2.05, 4.69) is 5.32 Å². The highest BCUT2D eigenvalue weighted by atomic mass is 16.4. The van der Waals surface area contributed by atoms with Gasteiger partial charge in [-0.1, -0.05) is 0 Å². The van der Waals surface area contributed by atoms with E-state index in [0.29, 0.717) is 25.9 Å². The predicted molar refractivity (Wildman–Crippen MR) is 64.8 cm³/mol. The second-order valence-corrected chi connectivity index (χ2v) is 5.20. The molecule has 1 rings (SSSR count). The van der Waals surface area contributed by atoms with Gasteiger partial charge in [-0.2, -0.15) is 0 Å². The summed E-state index contributed by atoms with van der Waals surface area (Å²) in [6.45, 7) is 5.27. The van der Waals surface area contributed by atoms with Crippen LogP contribution in [0.4, 0.5) is 0 Å². The highest BCUT2D eigenvalue weighted by molar-refractivity contribution is 6.01. The van der Waals surface area contributed by atoms with E-state index in [1.54, 1.807) is 4.90 Å². The number of piperidine rings is 1. The summed E-state index contributed by atoms with van der Waals surface area (Å²) in [7, 11) is 0. The number of carbonyl (C=O) groups is 3. The van der Waals surface area contributed by atoms with Gasteiger partial charge in [0.05, 0.1) is 0 Å². The van der Waals surface area contributed by atoms with Crippen molar-refractivity contribution in [2.75, 3.05) is 13.1 Å². The van der Waals surface area contributed by atoms with Crippen LogP contribution >= 0.6 is 0 Å². The zero-order chi connectivity index (χ0) is 13.9. The Morgan fingerprint density at radius 3 is 2.11 bits per heavy atom. The third kappa shape index (κ3) is 3.21. The lowest BCUT2D eigenvalue weighted by molar-refractivity contribution is -0.158. The van der Waals surface area contributed by atoms with Crippen molar-refractivity contribution >= 4 is 17.8 Å². The first kappa shape index (κ1) is 14.5. The van der Waals surface area contributed by atoms with Crippen molar-refractivity contribution in [3.05, 3.63) is 0 Å². The molecule has 0 saturated carbocycles. The first-order valence-electron chi connectivity index (χ1n) is 6.05. The minimum atomic E-state index is -1.39. The molecular weight excluding hydrogens is 236 g/mol. The highest BCUT2D eigenvalue weighted by Gasteiger charge is 2.40. The van der Waals surface area contributed by atoms with Crippen molar-refractivity contribution in [1.82, 2.24) is 10.2 Å². The molecule has 1 saturated heterocycles. The van der Waals surface area contributed by atoms with Crippen molar-refractivity contribution in [3.8, 4) is 0 Å². The van der Waals surface area contributed by atoms with E-state index in [0.717, 1.165) is 0 Å². The Balaban J connectivity index is 2.55. The lowest BCUT2D eigenvalue weighted by atomic mass is 9.90. The summed E-state index contributed by atoms with van der Waals surface area (Å²) in [5.41, 5.74) is -1.39. The summed E-state index contributed by atoms with van der Waals surface area (Å²) in [4.78, 5) is 35.5. The van der Waals surface area contributed by atoms with Gasteiger partial charge in [0.25, 0.3) is 0 Å². The Morgan fingerprint density at radius 2 is 1.72 bits per heavy atom. The number of hydrogen-bond acceptors (Lipinski definition) is 3. The van der Waals surface area contributed by atoms with E-state index in [1.807, 2.05) is 0 Å². The fourth-order valence-electron chi connectivity index (χ4n) is 2.00. The molecule has 2 amide bonds. The molecule has 18 heavy (non-hydrogen) atoms. The van der Waals surface area contributed by atoms with Crippen LogP contribution in [0.2, 0.25) is 0 Å². The van der Waals surface area contributed by atoms with Gasteiger partial charge in [-0.25, -0.2) is 0 Å². The number of rotatable bonds is 3. The topological polar surface area (TPSA) is 86.7 Å². The second kappa shape index (κ2) is 5.37. The van der Waals surface area contributed by atoms with Crippen LogP contribution in [-0.2, 0) is 14.4 Å². The van der Waals surface area contributed by atoms with Crippen molar-refractivity contribution in [2.45, 2.75) is 39.7 Å². The molecule has 1 aliphatic heterocycles. The van der Waals surface area contributed by atoms with E-state index in [9.17, 15) is 14.4 Å². The summed E-state index contributed by atoms with van der Waals surface area (Å²) in [5, 5.41) is 11.8. The molecule has 0 spiro atoms. The molecule has 6 heteroatoms. The predicted octanol–water partition coefficient (Wildman–Crippen LogP) is 0.224. The number of hydrogen-bond donors (Lipinski definition) is 2. The summed E-state index contributed by atoms with van der Waals surface area (Å²) in [5.74, 6) is -1.56. The standard InChI is InChI=1S/C12H20N2O4/c1-8(15)13-9-4-6-14(7-5-9)10(16)12(2,3)11(17)18/h9H,4-7H2,1-3H3,(H,13,15)(H,17,18). The van der Waals surface area contributed by atoms with Crippen molar-refractivity contribution in [2.24, 2.45) is 5.41 Å². The first-order valence-corrected chi connectivity index (χ1v) is 6.05. The van der Waals surface area contributed by atoms with Gasteiger partial charge in [0.15, 0.2) is 0 Å². The summed E-state index contributed by atoms with van der Waals surface area (Å²) in [6, 6.07) is 0.0829. The van der Waals surface area contributed by atoms with Gasteiger partial charge < -0.3 is 15.3 Å². The largest absolute Gasteiger partial charge is 0.480 e. The minimum Gasteiger partial charge on any atom is -0.480 e. The fourth-order valence-corrected chi connectivity index (χ4v) is 2.00. The Morgan fingerprint density at radius 1 is 1.22 bits per heavy atom. The number of amides is 2. The maximum absolute atomic E-state index is 12.0. The number of likely N-dealkylation sites (tertiary alicyclic amines) is 1. The minimum absolute atomic E-state index is 0.0781. The van der Waals surface area contributed by atoms with Gasteiger partial charge in [0.1, 0.15) is 5.41 Å². The van der Waals surface area contributed by atoms with E-state index in [-0.39, 0.29) is 17.9 Å². The summed E-state index contributed by atoms with van der Waals surface area (Å²) < 4.78 is 0. The molecular formula is C12H20N2O4. The van der Waals surface area contributed by atoms with Crippen LogP contribution in [0.1, 0.15) is 33.6 Å². The summed E-state index contributed by atoms with van der Waals surface area (Å²) in [6.07, 6.45) is 1.34. The van der Waals surface area contributed by atoms with Gasteiger partial charge in [-0.3, -0.25) is 14.4 Å². The number of nitrogens with zero attached hydrogens (tertiary/aromatic N) is 1.